The number of thiophene rings is 1. The molecule has 0 radical (unpaired) electrons. The maximum Gasteiger partial charge on any atom is 0.259 e. The van der Waals surface area contributed by atoms with Crippen molar-refractivity contribution in [3.63, 3.8) is 0 Å². The molecule has 34 heavy (non-hydrogen) atoms. The van der Waals surface area contributed by atoms with Crippen LogP contribution in [-0.2, 0) is 10.5 Å². The number of fused-ring (bicyclic) bond motifs is 1. The molecule has 2 aromatic heterocycles. The maximum absolute atomic E-state index is 12.7. The second kappa shape index (κ2) is 10.9. The summed E-state index contributed by atoms with van der Waals surface area (Å²) in [5, 5.41) is 3.56. The number of carbonyl (C=O) groups is 1. The maximum atomic E-state index is 12.7. The first-order chi connectivity index (χ1) is 16.3. The zero-order valence-corrected chi connectivity index (χ0v) is 21.9. The highest BCUT2D eigenvalue weighted by Crippen LogP contribution is 2.26. The monoisotopic (exact) mass is 499 g/mol. The molecule has 182 valence electrons. The van der Waals surface area contributed by atoms with E-state index in [4.69, 9.17) is 0 Å². The largest absolute Gasteiger partial charge is 0.369 e. The summed E-state index contributed by atoms with van der Waals surface area (Å²) < 4.78 is 0. The van der Waals surface area contributed by atoms with Gasteiger partial charge in [0.2, 0.25) is 5.91 Å². The van der Waals surface area contributed by atoms with E-state index in [0.29, 0.717) is 23.5 Å². The molecular weight excluding hydrogens is 466 g/mol. The van der Waals surface area contributed by atoms with Crippen molar-refractivity contribution in [1.82, 2.24) is 20.2 Å². The highest BCUT2D eigenvalue weighted by atomic mass is 32.2. The van der Waals surface area contributed by atoms with Crippen LogP contribution in [-0.4, -0.2) is 64.8 Å². The molecule has 4 rings (SSSR count). The minimum atomic E-state index is -0.227. The number of hydrogen-bond acceptors (Lipinski definition) is 7. The van der Waals surface area contributed by atoms with Crippen LogP contribution in [0.3, 0.4) is 0 Å². The van der Waals surface area contributed by atoms with E-state index in [-0.39, 0.29) is 22.8 Å². The summed E-state index contributed by atoms with van der Waals surface area (Å²) in [5.41, 5.74) is 2.17. The number of aromatic nitrogens is 2. The molecule has 1 fully saturated rings. The number of anilines is 1. The van der Waals surface area contributed by atoms with Crippen molar-refractivity contribution in [2.45, 2.75) is 44.7 Å². The lowest BCUT2D eigenvalue weighted by molar-refractivity contribution is -0.120. The van der Waals surface area contributed by atoms with Crippen molar-refractivity contribution >= 4 is 44.9 Å². The lowest BCUT2D eigenvalue weighted by Gasteiger charge is -2.39. The van der Waals surface area contributed by atoms with E-state index >= 15 is 0 Å². The highest BCUT2D eigenvalue weighted by Gasteiger charge is 2.22. The van der Waals surface area contributed by atoms with Gasteiger partial charge in [-0.3, -0.25) is 14.5 Å². The number of benzene rings is 1. The lowest BCUT2D eigenvalue weighted by atomic mass is 10.2. The van der Waals surface area contributed by atoms with Crippen LogP contribution in [0.25, 0.3) is 10.2 Å². The number of amides is 1. The topological polar surface area (TPSA) is 81.3 Å². The minimum Gasteiger partial charge on any atom is -0.369 e. The second-order valence-electron chi connectivity index (χ2n) is 8.88. The Bertz CT molecular complexity index is 1190. The molecule has 0 bridgehead atoms. The molecular formula is C25H33N5O2S2. The standard InChI is InChI=1S/C25H33N5O2S2/c1-16(29-10-12-30(13-11-29)20-8-6-5-7-9-20)14-26-23(31)19(4)33-15-21-27-24(32)22-17(2)18(3)34-25(22)28-21/h5-9,16,19H,10-15H2,1-4H3,(H,26,31)(H,27,28,32). The Kier molecular flexibility index (Phi) is 7.95. The van der Waals surface area contributed by atoms with Gasteiger partial charge in [0.15, 0.2) is 0 Å². The Labute approximate surface area is 209 Å². The molecule has 2 atom stereocenters. The van der Waals surface area contributed by atoms with E-state index in [9.17, 15) is 9.59 Å². The first kappa shape index (κ1) is 24.8. The molecule has 0 aliphatic carbocycles. The molecule has 1 saturated heterocycles. The van der Waals surface area contributed by atoms with Crippen LogP contribution in [0.2, 0.25) is 0 Å². The number of piperazine rings is 1. The van der Waals surface area contributed by atoms with Crippen molar-refractivity contribution in [1.29, 1.82) is 0 Å². The van der Waals surface area contributed by atoms with E-state index in [1.807, 2.05) is 26.8 Å². The quantitative estimate of drug-likeness (QED) is 0.493. The zero-order valence-electron chi connectivity index (χ0n) is 20.3. The summed E-state index contributed by atoms with van der Waals surface area (Å²) in [6, 6.07) is 10.8. The van der Waals surface area contributed by atoms with Gasteiger partial charge in [-0.05, 0) is 45.4 Å². The minimum absolute atomic E-state index is 0.0195. The Hall–Kier alpha value is -2.36. The number of aromatic amines is 1. The van der Waals surface area contributed by atoms with Crippen molar-refractivity contribution < 1.29 is 4.79 Å². The summed E-state index contributed by atoms with van der Waals surface area (Å²) in [5.74, 6) is 1.13. The Morgan fingerprint density at radius 3 is 2.59 bits per heavy atom. The summed E-state index contributed by atoms with van der Waals surface area (Å²) in [7, 11) is 0. The number of nitrogens with one attached hydrogen (secondary N) is 2. The summed E-state index contributed by atoms with van der Waals surface area (Å²) in [6.45, 7) is 12.6. The number of H-pyrrole nitrogens is 1. The molecule has 9 heteroatoms. The van der Waals surface area contributed by atoms with E-state index in [0.717, 1.165) is 41.5 Å². The zero-order chi connectivity index (χ0) is 24.2. The van der Waals surface area contributed by atoms with Crippen LogP contribution in [0.15, 0.2) is 35.1 Å². The van der Waals surface area contributed by atoms with Crippen molar-refractivity contribution in [3.05, 3.63) is 57.0 Å². The molecule has 1 aliphatic rings. The van der Waals surface area contributed by atoms with Crippen LogP contribution in [0.1, 0.15) is 30.1 Å². The molecule has 0 saturated carbocycles. The summed E-state index contributed by atoms with van der Waals surface area (Å²) in [6.07, 6.45) is 0. The molecule has 2 unspecified atom stereocenters. The Morgan fingerprint density at radius 2 is 1.88 bits per heavy atom. The Morgan fingerprint density at radius 1 is 1.18 bits per heavy atom. The first-order valence-electron chi connectivity index (χ1n) is 11.8. The molecule has 1 aliphatic heterocycles. The number of para-hydroxylation sites is 1. The van der Waals surface area contributed by atoms with Crippen LogP contribution in [0.4, 0.5) is 5.69 Å². The Balaban J connectivity index is 1.22. The van der Waals surface area contributed by atoms with E-state index < -0.39 is 0 Å². The van der Waals surface area contributed by atoms with Gasteiger partial charge in [-0.25, -0.2) is 4.98 Å². The van der Waals surface area contributed by atoms with E-state index in [1.54, 1.807) is 11.3 Å². The number of carbonyl (C=O) groups excluding carboxylic acids is 1. The van der Waals surface area contributed by atoms with Gasteiger partial charge in [0.25, 0.3) is 5.56 Å². The van der Waals surface area contributed by atoms with Gasteiger partial charge in [-0.2, -0.15) is 0 Å². The third-order valence-electron chi connectivity index (χ3n) is 6.56. The predicted octanol–water partition coefficient (Wildman–Crippen LogP) is 3.55. The SMILES string of the molecule is Cc1sc2nc(CSC(C)C(=O)NCC(C)N3CCN(c4ccccc4)CC3)[nH]c(=O)c2c1C. The van der Waals surface area contributed by atoms with Crippen LogP contribution < -0.4 is 15.8 Å². The second-order valence-corrected chi connectivity index (χ2v) is 11.4. The number of hydrogen-bond donors (Lipinski definition) is 2. The van der Waals surface area contributed by atoms with Crippen LogP contribution >= 0.6 is 23.1 Å². The highest BCUT2D eigenvalue weighted by molar-refractivity contribution is 7.99. The first-order valence-corrected chi connectivity index (χ1v) is 13.6. The van der Waals surface area contributed by atoms with E-state index in [1.165, 1.54) is 17.4 Å². The smallest absolute Gasteiger partial charge is 0.259 e. The molecule has 0 spiro atoms. The van der Waals surface area contributed by atoms with Gasteiger partial charge >= 0.3 is 0 Å². The number of thioether (sulfide) groups is 1. The average molecular weight is 500 g/mol. The number of nitrogens with zero attached hydrogens (tertiary/aromatic N) is 3. The van der Waals surface area contributed by atoms with Gasteiger partial charge in [0.05, 0.1) is 16.4 Å². The molecule has 2 N–H and O–H groups in total. The van der Waals surface area contributed by atoms with Gasteiger partial charge < -0.3 is 15.2 Å². The normalized spacial score (nSPS) is 16.5. The summed E-state index contributed by atoms with van der Waals surface area (Å²) >= 11 is 3.03. The predicted molar refractivity (Wildman–Crippen MR) is 143 cm³/mol. The third kappa shape index (κ3) is 5.64. The number of aryl methyl sites for hydroxylation is 2. The summed E-state index contributed by atoms with van der Waals surface area (Å²) in [4.78, 5) is 39.4. The molecule has 3 aromatic rings. The lowest BCUT2D eigenvalue weighted by Crippen LogP contribution is -2.52. The van der Waals surface area contributed by atoms with Crippen molar-refractivity contribution in [2.75, 3.05) is 37.6 Å². The molecule has 7 nitrogen and oxygen atoms in total. The van der Waals surface area contributed by atoms with Crippen molar-refractivity contribution in [2.24, 2.45) is 0 Å². The van der Waals surface area contributed by atoms with Gasteiger partial charge in [0.1, 0.15) is 10.7 Å². The van der Waals surface area contributed by atoms with Crippen LogP contribution in [0.5, 0.6) is 0 Å². The van der Waals surface area contributed by atoms with Gasteiger partial charge in [0, 0.05) is 49.3 Å². The fourth-order valence-electron chi connectivity index (χ4n) is 4.23. The molecule has 1 aromatic carbocycles. The van der Waals surface area contributed by atoms with Crippen LogP contribution in [0, 0.1) is 13.8 Å². The van der Waals surface area contributed by atoms with Crippen molar-refractivity contribution in [3.8, 4) is 0 Å². The molecule has 1 amide bonds. The third-order valence-corrected chi connectivity index (χ3v) is 8.81. The number of rotatable bonds is 8. The van der Waals surface area contributed by atoms with Gasteiger partial charge in [-0.15, -0.1) is 23.1 Å². The molecule has 3 heterocycles. The fourth-order valence-corrected chi connectivity index (χ4v) is 6.06. The van der Waals surface area contributed by atoms with Gasteiger partial charge in [-0.1, -0.05) is 18.2 Å². The fraction of sp³-hybridized carbons (Fsp3) is 0.480. The van der Waals surface area contributed by atoms with E-state index in [2.05, 4.69) is 56.3 Å². The average Bonchev–Trinajstić information content (AvgIpc) is 3.14.